The molecule has 3 aromatic carbocycles. The Kier molecular flexibility index (Phi) is 6.83. The SMILES string of the molecule is COc1cc2nccc(Oc3ccc(NS(=O)(=O)CCc4ccccc4)cc3F)c2cc1OC. The van der Waals surface area contributed by atoms with Crippen molar-refractivity contribution in [3.8, 4) is 23.0 Å². The molecule has 1 N–H and O–H groups in total. The average Bonchev–Trinajstić information content (AvgIpc) is 2.84. The standard InChI is InChI=1S/C25H23FN2O5S/c1-31-24-15-19-21(16-25(24)32-2)27-12-10-22(19)33-23-9-8-18(14-20(23)26)28-34(29,30)13-11-17-6-4-3-5-7-17/h3-10,12,14-16,28H,11,13H2,1-2H3. The van der Waals surface area contributed by atoms with E-state index in [1.54, 1.807) is 18.2 Å². The van der Waals surface area contributed by atoms with Crippen LogP contribution in [0, 0.1) is 5.82 Å². The molecule has 0 radical (unpaired) electrons. The van der Waals surface area contributed by atoms with Crippen LogP contribution in [0.4, 0.5) is 10.1 Å². The number of nitrogens with zero attached hydrogens (tertiary/aromatic N) is 1. The third kappa shape index (κ3) is 5.37. The lowest BCUT2D eigenvalue weighted by atomic mass is 10.2. The molecule has 9 heteroatoms. The van der Waals surface area contributed by atoms with Crippen molar-refractivity contribution in [3.63, 3.8) is 0 Å². The Labute approximate surface area is 197 Å². The minimum absolute atomic E-state index is 0.0606. The van der Waals surface area contributed by atoms with E-state index in [1.165, 1.54) is 32.5 Å². The number of halogens is 1. The number of methoxy groups -OCH3 is 2. The first-order valence-electron chi connectivity index (χ1n) is 10.4. The summed E-state index contributed by atoms with van der Waals surface area (Å²) >= 11 is 0. The molecule has 0 atom stereocenters. The van der Waals surface area contributed by atoms with Crippen molar-refractivity contribution in [3.05, 3.63) is 84.3 Å². The number of ether oxygens (including phenoxy) is 3. The number of hydrogen-bond acceptors (Lipinski definition) is 6. The number of benzene rings is 3. The van der Waals surface area contributed by atoms with E-state index < -0.39 is 15.8 Å². The van der Waals surface area contributed by atoms with E-state index in [4.69, 9.17) is 14.2 Å². The van der Waals surface area contributed by atoms with Crippen molar-refractivity contribution < 1.29 is 27.0 Å². The van der Waals surface area contributed by atoms with Crippen LogP contribution in [0.5, 0.6) is 23.0 Å². The second-order valence-electron chi connectivity index (χ2n) is 7.44. The lowest BCUT2D eigenvalue weighted by molar-refractivity contribution is 0.355. The highest BCUT2D eigenvalue weighted by molar-refractivity contribution is 7.92. The summed E-state index contributed by atoms with van der Waals surface area (Å²) < 4.78 is 58.5. The Morgan fingerprint density at radius 2 is 1.62 bits per heavy atom. The molecule has 7 nitrogen and oxygen atoms in total. The molecule has 4 aromatic rings. The van der Waals surface area contributed by atoms with Crippen LogP contribution in [-0.4, -0.2) is 33.4 Å². The molecule has 176 valence electrons. The molecule has 0 saturated heterocycles. The van der Waals surface area contributed by atoms with Gasteiger partial charge in [-0.15, -0.1) is 0 Å². The quantitative estimate of drug-likeness (QED) is 0.354. The van der Waals surface area contributed by atoms with E-state index in [2.05, 4.69) is 9.71 Å². The van der Waals surface area contributed by atoms with E-state index in [0.29, 0.717) is 34.6 Å². The number of pyridine rings is 1. The first-order chi connectivity index (χ1) is 16.4. The Balaban J connectivity index is 1.52. The van der Waals surface area contributed by atoms with Crippen LogP contribution >= 0.6 is 0 Å². The number of anilines is 1. The fourth-order valence-corrected chi connectivity index (χ4v) is 4.52. The van der Waals surface area contributed by atoms with Crippen molar-refractivity contribution >= 4 is 26.6 Å². The zero-order chi connectivity index (χ0) is 24.1. The Hall–Kier alpha value is -3.85. The molecule has 0 spiro atoms. The minimum atomic E-state index is -3.66. The number of rotatable bonds is 9. The third-order valence-electron chi connectivity index (χ3n) is 5.13. The van der Waals surface area contributed by atoms with Gasteiger partial charge in [0.05, 0.1) is 31.2 Å². The van der Waals surface area contributed by atoms with Crippen LogP contribution in [0.1, 0.15) is 5.56 Å². The number of sulfonamides is 1. The second kappa shape index (κ2) is 9.96. The molecule has 0 amide bonds. The van der Waals surface area contributed by atoms with E-state index >= 15 is 0 Å². The molecule has 1 heterocycles. The summed E-state index contributed by atoms with van der Waals surface area (Å²) in [7, 11) is -0.618. The number of hydrogen-bond donors (Lipinski definition) is 1. The lowest BCUT2D eigenvalue weighted by Gasteiger charge is -2.13. The molecule has 4 rings (SSSR count). The molecule has 0 unspecified atom stereocenters. The molecular weight excluding hydrogens is 459 g/mol. The van der Waals surface area contributed by atoms with Crippen LogP contribution in [0.3, 0.4) is 0 Å². The molecule has 1 aromatic heterocycles. The van der Waals surface area contributed by atoms with Crippen molar-refractivity contribution in [1.82, 2.24) is 4.98 Å². The van der Waals surface area contributed by atoms with Crippen LogP contribution in [0.2, 0.25) is 0 Å². The van der Waals surface area contributed by atoms with Gasteiger partial charge in [-0.25, -0.2) is 12.8 Å². The highest BCUT2D eigenvalue weighted by atomic mass is 32.2. The summed E-state index contributed by atoms with van der Waals surface area (Å²) in [5.74, 6) is 0.457. The highest BCUT2D eigenvalue weighted by Crippen LogP contribution is 2.37. The summed E-state index contributed by atoms with van der Waals surface area (Å²) in [6, 6.07) is 18.2. The van der Waals surface area contributed by atoms with E-state index in [1.807, 2.05) is 30.3 Å². The van der Waals surface area contributed by atoms with Gasteiger partial charge in [0.2, 0.25) is 10.0 Å². The molecule has 0 saturated carbocycles. The van der Waals surface area contributed by atoms with Gasteiger partial charge in [0.1, 0.15) is 5.75 Å². The van der Waals surface area contributed by atoms with Crippen molar-refractivity contribution in [2.75, 3.05) is 24.7 Å². The van der Waals surface area contributed by atoms with Crippen molar-refractivity contribution in [2.45, 2.75) is 6.42 Å². The zero-order valence-corrected chi connectivity index (χ0v) is 19.4. The Morgan fingerprint density at radius 1 is 0.882 bits per heavy atom. The summed E-state index contributed by atoms with van der Waals surface area (Å²) in [5, 5.41) is 0.602. The second-order valence-corrected chi connectivity index (χ2v) is 9.28. The van der Waals surface area contributed by atoms with Crippen LogP contribution in [0.25, 0.3) is 10.9 Å². The maximum atomic E-state index is 14.8. The number of aryl methyl sites for hydroxylation is 1. The molecule has 0 aliphatic rings. The molecular formula is C25H23FN2O5S. The zero-order valence-electron chi connectivity index (χ0n) is 18.6. The Bertz CT molecular complexity index is 1410. The lowest BCUT2D eigenvalue weighted by Crippen LogP contribution is -2.18. The first kappa shape index (κ1) is 23.3. The smallest absolute Gasteiger partial charge is 0.233 e. The van der Waals surface area contributed by atoms with Crippen molar-refractivity contribution in [1.29, 1.82) is 0 Å². The van der Waals surface area contributed by atoms with Gasteiger partial charge in [0.15, 0.2) is 23.1 Å². The van der Waals surface area contributed by atoms with E-state index in [0.717, 1.165) is 11.6 Å². The van der Waals surface area contributed by atoms with Gasteiger partial charge in [-0.1, -0.05) is 30.3 Å². The van der Waals surface area contributed by atoms with Gasteiger partial charge in [0, 0.05) is 23.7 Å². The van der Waals surface area contributed by atoms with E-state index in [9.17, 15) is 12.8 Å². The largest absolute Gasteiger partial charge is 0.493 e. The number of fused-ring (bicyclic) bond motifs is 1. The van der Waals surface area contributed by atoms with Gasteiger partial charge < -0.3 is 14.2 Å². The minimum Gasteiger partial charge on any atom is -0.493 e. The number of aromatic nitrogens is 1. The van der Waals surface area contributed by atoms with Gasteiger partial charge in [0.25, 0.3) is 0 Å². The van der Waals surface area contributed by atoms with Gasteiger partial charge in [-0.05, 0) is 36.2 Å². The topological polar surface area (TPSA) is 86.8 Å². The number of nitrogens with one attached hydrogen (secondary N) is 1. The highest BCUT2D eigenvalue weighted by Gasteiger charge is 2.15. The third-order valence-corrected chi connectivity index (χ3v) is 6.42. The predicted octanol–water partition coefficient (Wildman–Crippen LogP) is 5.17. The fraction of sp³-hybridized carbons (Fsp3) is 0.160. The fourth-order valence-electron chi connectivity index (χ4n) is 3.43. The molecule has 0 fully saturated rings. The first-order valence-corrected chi connectivity index (χ1v) is 12.1. The van der Waals surface area contributed by atoms with Gasteiger partial charge in [-0.2, -0.15) is 0 Å². The Morgan fingerprint density at radius 3 is 2.32 bits per heavy atom. The summed E-state index contributed by atoms with van der Waals surface area (Å²) in [5.41, 5.74) is 1.60. The predicted molar refractivity (Wildman–Crippen MR) is 129 cm³/mol. The maximum Gasteiger partial charge on any atom is 0.233 e. The van der Waals surface area contributed by atoms with Gasteiger partial charge in [-0.3, -0.25) is 9.71 Å². The van der Waals surface area contributed by atoms with Gasteiger partial charge >= 0.3 is 0 Å². The summed E-state index contributed by atoms with van der Waals surface area (Å²) in [6.45, 7) is 0. The summed E-state index contributed by atoms with van der Waals surface area (Å²) in [4.78, 5) is 4.30. The molecule has 0 bridgehead atoms. The molecule has 0 aliphatic carbocycles. The van der Waals surface area contributed by atoms with Crippen LogP contribution in [-0.2, 0) is 16.4 Å². The van der Waals surface area contributed by atoms with Crippen LogP contribution < -0.4 is 18.9 Å². The average molecular weight is 483 g/mol. The monoisotopic (exact) mass is 482 g/mol. The normalized spacial score (nSPS) is 11.3. The van der Waals surface area contributed by atoms with Crippen LogP contribution in [0.15, 0.2) is 72.9 Å². The molecule has 0 aliphatic heterocycles. The van der Waals surface area contributed by atoms with Crippen molar-refractivity contribution in [2.24, 2.45) is 0 Å². The van der Waals surface area contributed by atoms with E-state index in [-0.39, 0.29) is 17.2 Å². The summed E-state index contributed by atoms with van der Waals surface area (Å²) in [6.07, 6.45) is 1.89. The molecule has 34 heavy (non-hydrogen) atoms. The maximum absolute atomic E-state index is 14.8.